The lowest BCUT2D eigenvalue weighted by Gasteiger charge is -2.22. The van der Waals surface area contributed by atoms with Crippen LogP contribution in [-0.4, -0.2) is 22.8 Å². The van der Waals surface area contributed by atoms with E-state index in [0.29, 0.717) is 0 Å². The third-order valence-corrected chi connectivity index (χ3v) is 2.81. The van der Waals surface area contributed by atoms with E-state index in [-0.39, 0.29) is 11.8 Å². The molecule has 1 atom stereocenters. The van der Waals surface area contributed by atoms with E-state index in [2.05, 4.69) is 11.1 Å². The Hall–Kier alpha value is -1.89. The van der Waals surface area contributed by atoms with Gasteiger partial charge >= 0.3 is 0 Å². The number of hydrogen-bond donors (Lipinski definition) is 0. The van der Waals surface area contributed by atoms with Crippen molar-refractivity contribution in [1.29, 1.82) is 5.26 Å². The fourth-order valence-corrected chi connectivity index (χ4v) is 1.68. The highest BCUT2D eigenvalue weighted by atomic mass is 16.2. The summed E-state index contributed by atoms with van der Waals surface area (Å²) >= 11 is 0. The van der Waals surface area contributed by atoms with E-state index in [1.165, 1.54) is 4.90 Å². The monoisotopic (exact) mass is 215 g/mol. The molecule has 82 valence electrons. The molecule has 1 amide bonds. The smallest absolute Gasteiger partial charge is 0.226 e. The van der Waals surface area contributed by atoms with Gasteiger partial charge in [-0.25, -0.2) is 0 Å². The summed E-state index contributed by atoms with van der Waals surface area (Å²) in [7, 11) is 1.69. The summed E-state index contributed by atoms with van der Waals surface area (Å²) in [5, 5.41) is 9.14. The molecule has 1 aliphatic rings. The highest BCUT2D eigenvalue weighted by Gasteiger charge is 2.34. The first kappa shape index (κ1) is 10.6. The maximum absolute atomic E-state index is 11.8. The number of amides is 1. The van der Waals surface area contributed by atoms with Gasteiger partial charge in [-0.15, -0.1) is 0 Å². The zero-order valence-corrected chi connectivity index (χ0v) is 9.13. The third-order valence-electron chi connectivity index (χ3n) is 2.81. The van der Waals surface area contributed by atoms with Crippen LogP contribution in [0.25, 0.3) is 0 Å². The molecular weight excluding hydrogens is 202 g/mol. The fourth-order valence-electron chi connectivity index (χ4n) is 1.68. The molecule has 0 bridgehead atoms. The molecular formula is C12H13N3O. The summed E-state index contributed by atoms with van der Waals surface area (Å²) in [5.41, 5.74) is 0.814. The van der Waals surface area contributed by atoms with Crippen molar-refractivity contribution in [2.75, 3.05) is 7.05 Å². The van der Waals surface area contributed by atoms with E-state index in [1.807, 2.05) is 0 Å². The molecule has 0 spiro atoms. The minimum Gasteiger partial charge on any atom is -0.326 e. The molecule has 1 fully saturated rings. The van der Waals surface area contributed by atoms with Crippen molar-refractivity contribution in [2.45, 2.75) is 18.9 Å². The molecule has 0 radical (unpaired) electrons. The van der Waals surface area contributed by atoms with Gasteiger partial charge in [0.2, 0.25) is 5.91 Å². The molecule has 1 saturated carbocycles. The van der Waals surface area contributed by atoms with Crippen molar-refractivity contribution in [3.05, 3.63) is 30.1 Å². The second-order valence-electron chi connectivity index (χ2n) is 4.04. The second kappa shape index (κ2) is 4.31. The predicted molar refractivity (Wildman–Crippen MR) is 58.1 cm³/mol. The van der Waals surface area contributed by atoms with Gasteiger partial charge in [0.15, 0.2) is 0 Å². The summed E-state index contributed by atoms with van der Waals surface area (Å²) in [5.74, 6) is 0.214. The third kappa shape index (κ3) is 2.03. The standard InChI is InChI=1S/C12H13N3O/c1-15(12(16)10-2-3-10)11(8-13)9-4-6-14-7-5-9/h4-7,10-11H,2-3H2,1H3. The highest BCUT2D eigenvalue weighted by molar-refractivity contribution is 5.81. The van der Waals surface area contributed by atoms with Crippen molar-refractivity contribution in [3.8, 4) is 6.07 Å². The average Bonchev–Trinajstić information content (AvgIpc) is 3.14. The van der Waals surface area contributed by atoms with E-state index < -0.39 is 6.04 Å². The molecule has 4 nitrogen and oxygen atoms in total. The first-order valence-electron chi connectivity index (χ1n) is 5.30. The molecule has 1 unspecified atom stereocenters. The number of aromatic nitrogens is 1. The van der Waals surface area contributed by atoms with Crippen LogP contribution in [0, 0.1) is 17.2 Å². The van der Waals surface area contributed by atoms with E-state index in [9.17, 15) is 4.79 Å². The van der Waals surface area contributed by atoms with Gasteiger partial charge in [-0.1, -0.05) is 0 Å². The van der Waals surface area contributed by atoms with Crippen molar-refractivity contribution < 1.29 is 4.79 Å². The Kier molecular flexibility index (Phi) is 2.86. The molecule has 16 heavy (non-hydrogen) atoms. The minimum atomic E-state index is -0.504. The Balaban J connectivity index is 2.16. The van der Waals surface area contributed by atoms with E-state index >= 15 is 0 Å². The maximum atomic E-state index is 11.8. The Bertz CT molecular complexity index is 420. The highest BCUT2D eigenvalue weighted by Crippen LogP contribution is 2.33. The quantitative estimate of drug-likeness (QED) is 0.768. The van der Waals surface area contributed by atoms with Gasteiger partial charge < -0.3 is 4.90 Å². The van der Waals surface area contributed by atoms with Crippen LogP contribution in [-0.2, 0) is 4.79 Å². The molecule has 0 saturated heterocycles. The van der Waals surface area contributed by atoms with Crippen LogP contribution in [0.4, 0.5) is 0 Å². The van der Waals surface area contributed by atoms with Crippen LogP contribution < -0.4 is 0 Å². The maximum Gasteiger partial charge on any atom is 0.226 e. The van der Waals surface area contributed by atoms with Gasteiger partial charge in [-0.3, -0.25) is 9.78 Å². The molecule has 1 heterocycles. The largest absolute Gasteiger partial charge is 0.326 e. The number of nitrogens with zero attached hydrogens (tertiary/aromatic N) is 3. The Morgan fingerprint density at radius 3 is 2.69 bits per heavy atom. The Morgan fingerprint density at radius 1 is 1.56 bits per heavy atom. The van der Waals surface area contributed by atoms with Crippen LogP contribution in [0.15, 0.2) is 24.5 Å². The van der Waals surface area contributed by atoms with Crippen LogP contribution in [0.3, 0.4) is 0 Å². The minimum absolute atomic E-state index is 0.0726. The second-order valence-corrected chi connectivity index (χ2v) is 4.04. The molecule has 4 heteroatoms. The van der Waals surface area contributed by atoms with Crippen LogP contribution in [0.5, 0.6) is 0 Å². The first-order valence-corrected chi connectivity index (χ1v) is 5.30. The molecule has 0 aliphatic heterocycles. The fraction of sp³-hybridized carbons (Fsp3) is 0.417. The summed E-state index contributed by atoms with van der Waals surface area (Å²) in [4.78, 5) is 17.3. The summed E-state index contributed by atoms with van der Waals surface area (Å²) < 4.78 is 0. The van der Waals surface area contributed by atoms with Crippen molar-refractivity contribution >= 4 is 5.91 Å². The van der Waals surface area contributed by atoms with Gasteiger partial charge in [-0.05, 0) is 30.5 Å². The van der Waals surface area contributed by atoms with Crippen molar-refractivity contribution in [2.24, 2.45) is 5.92 Å². The van der Waals surface area contributed by atoms with Crippen LogP contribution in [0.2, 0.25) is 0 Å². The molecule has 1 aliphatic carbocycles. The number of rotatable bonds is 3. The van der Waals surface area contributed by atoms with Crippen molar-refractivity contribution in [3.63, 3.8) is 0 Å². The zero-order chi connectivity index (χ0) is 11.5. The average molecular weight is 215 g/mol. The molecule has 1 aromatic heterocycles. The number of nitriles is 1. The van der Waals surface area contributed by atoms with E-state index in [4.69, 9.17) is 5.26 Å². The van der Waals surface area contributed by atoms with E-state index in [0.717, 1.165) is 18.4 Å². The first-order chi connectivity index (χ1) is 7.74. The summed E-state index contributed by atoms with van der Waals surface area (Å²) in [6.07, 6.45) is 5.18. The lowest BCUT2D eigenvalue weighted by Crippen LogP contribution is -2.31. The Labute approximate surface area is 94.5 Å². The van der Waals surface area contributed by atoms with Crippen molar-refractivity contribution in [1.82, 2.24) is 9.88 Å². The van der Waals surface area contributed by atoms with Gasteiger partial charge in [0.25, 0.3) is 0 Å². The Morgan fingerprint density at radius 2 is 2.19 bits per heavy atom. The number of carbonyl (C=O) groups excluding carboxylic acids is 1. The normalized spacial score (nSPS) is 16.2. The number of hydrogen-bond acceptors (Lipinski definition) is 3. The van der Waals surface area contributed by atoms with Gasteiger partial charge in [-0.2, -0.15) is 5.26 Å². The topological polar surface area (TPSA) is 57.0 Å². The molecule has 2 rings (SSSR count). The molecule has 0 N–H and O–H groups in total. The van der Waals surface area contributed by atoms with Crippen LogP contribution >= 0.6 is 0 Å². The predicted octanol–water partition coefficient (Wildman–Crippen LogP) is 1.51. The van der Waals surface area contributed by atoms with Gasteiger partial charge in [0, 0.05) is 25.4 Å². The SMILES string of the molecule is CN(C(=O)C1CC1)C(C#N)c1ccncc1. The summed E-state index contributed by atoms with van der Waals surface area (Å²) in [6, 6.07) is 5.19. The number of pyridine rings is 1. The van der Waals surface area contributed by atoms with Gasteiger partial charge in [0.05, 0.1) is 6.07 Å². The molecule has 1 aromatic rings. The lowest BCUT2D eigenvalue weighted by atomic mass is 10.1. The summed E-state index contributed by atoms with van der Waals surface area (Å²) in [6.45, 7) is 0. The molecule has 0 aromatic carbocycles. The number of carbonyl (C=O) groups is 1. The zero-order valence-electron chi connectivity index (χ0n) is 9.13. The van der Waals surface area contributed by atoms with Gasteiger partial charge in [0.1, 0.15) is 6.04 Å². The lowest BCUT2D eigenvalue weighted by molar-refractivity contribution is -0.132. The van der Waals surface area contributed by atoms with E-state index in [1.54, 1.807) is 31.6 Å². The van der Waals surface area contributed by atoms with Crippen LogP contribution in [0.1, 0.15) is 24.4 Å².